The summed E-state index contributed by atoms with van der Waals surface area (Å²) >= 11 is 0. The van der Waals surface area contributed by atoms with E-state index in [9.17, 15) is 4.57 Å². The number of rotatable bonds is 3. The van der Waals surface area contributed by atoms with E-state index in [2.05, 4.69) is 0 Å². The van der Waals surface area contributed by atoms with Gasteiger partial charge in [0.2, 0.25) is 0 Å². The highest BCUT2D eigenvalue weighted by atomic mass is 31.2. The van der Waals surface area contributed by atoms with Crippen LogP contribution in [0.25, 0.3) is 0 Å². The molecule has 0 radical (unpaired) electrons. The number of hydrogen-bond acceptors (Lipinski definition) is 2. The Labute approximate surface area is 80.3 Å². The second-order valence-electron chi connectivity index (χ2n) is 3.81. The highest BCUT2D eigenvalue weighted by Gasteiger charge is 2.35. The Kier molecular flexibility index (Phi) is 3.33. The molecule has 0 aromatic heterocycles. The van der Waals surface area contributed by atoms with Crippen molar-refractivity contribution in [3.63, 3.8) is 0 Å². The van der Waals surface area contributed by atoms with Crippen molar-refractivity contribution in [2.24, 2.45) is 0 Å². The van der Waals surface area contributed by atoms with E-state index in [1.165, 1.54) is 0 Å². The Hall–Kier alpha value is -0.110. The Balaban J connectivity index is 2.87. The number of nitrogens with zero attached hydrogens (tertiary/aromatic N) is 1. The topological polar surface area (TPSA) is 29.5 Å². The maximum atomic E-state index is 12.2. The summed E-state index contributed by atoms with van der Waals surface area (Å²) < 4.78 is 19.4. The average Bonchev–Trinajstić information content (AvgIpc) is 2.33. The molecule has 1 heterocycles. The van der Waals surface area contributed by atoms with Gasteiger partial charge >= 0.3 is 0 Å². The van der Waals surface area contributed by atoms with Gasteiger partial charge in [-0.25, -0.2) is 4.67 Å². The Morgan fingerprint density at radius 1 is 1.31 bits per heavy atom. The predicted molar refractivity (Wildman–Crippen MR) is 54.8 cm³/mol. The molecule has 1 aliphatic rings. The maximum Gasteiger partial charge on any atom is 0.295 e. The van der Waals surface area contributed by atoms with Crippen LogP contribution < -0.4 is 0 Å². The summed E-state index contributed by atoms with van der Waals surface area (Å²) in [6, 6.07) is 0.488. The lowest BCUT2D eigenvalue weighted by Gasteiger charge is -2.33. The summed E-state index contributed by atoms with van der Waals surface area (Å²) in [6.45, 7) is 8.63. The zero-order chi connectivity index (χ0) is 10.1. The highest BCUT2D eigenvalue weighted by Crippen LogP contribution is 2.57. The van der Waals surface area contributed by atoms with Gasteiger partial charge in [-0.05, 0) is 27.7 Å². The molecule has 0 saturated carbocycles. The van der Waals surface area contributed by atoms with E-state index in [0.29, 0.717) is 6.61 Å². The van der Waals surface area contributed by atoms with Crippen molar-refractivity contribution in [3.05, 3.63) is 11.9 Å². The first-order valence-electron chi connectivity index (χ1n) is 4.68. The fraction of sp³-hybridized carbons (Fsp3) is 0.778. The first kappa shape index (κ1) is 11.0. The third kappa shape index (κ3) is 2.22. The molecule has 1 atom stereocenters. The van der Waals surface area contributed by atoms with Crippen LogP contribution in [0, 0.1) is 0 Å². The van der Waals surface area contributed by atoms with Crippen molar-refractivity contribution in [2.45, 2.75) is 39.8 Å². The lowest BCUT2D eigenvalue weighted by molar-refractivity contribution is 0.242. The van der Waals surface area contributed by atoms with Crippen LogP contribution >= 0.6 is 7.52 Å². The van der Waals surface area contributed by atoms with E-state index in [4.69, 9.17) is 4.52 Å². The van der Waals surface area contributed by atoms with Crippen LogP contribution in [0.15, 0.2) is 11.9 Å². The predicted octanol–water partition coefficient (Wildman–Crippen LogP) is 2.84. The average molecular weight is 203 g/mol. The Morgan fingerprint density at radius 2 is 1.85 bits per heavy atom. The highest BCUT2D eigenvalue weighted by molar-refractivity contribution is 7.60. The van der Waals surface area contributed by atoms with Crippen molar-refractivity contribution in [1.82, 2.24) is 4.67 Å². The van der Waals surface area contributed by atoms with Gasteiger partial charge in [0.15, 0.2) is 0 Å². The third-order valence-electron chi connectivity index (χ3n) is 2.03. The van der Waals surface area contributed by atoms with Gasteiger partial charge < -0.3 is 4.52 Å². The molecule has 0 aliphatic carbocycles. The standard InChI is InChI=1S/C9H18NO2P/c1-8(2)10(9(3)4)13(11)7-5-6-12-13/h5,7-9H,6H2,1-4H3. The quantitative estimate of drug-likeness (QED) is 0.660. The van der Waals surface area contributed by atoms with E-state index < -0.39 is 7.52 Å². The van der Waals surface area contributed by atoms with Gasteiger partial charge in [0.1, 0.15) is 0 Å². The third-order valence-corrected chi connectivity index (χ3v) is 4.70. The molecule has 0 amide bonds. The van der Waals surface area contributed by atoms with Gasteiger partial charge in [-0.2, -0.15) is 0 Å². The van der Waals surface area contributed by atoms with Crippen LogP contribution in [-0.2, 0) is 9.09 Å². The van der Waals surface area contributed by atoms with E-state index in [1.807, 2.05) is 38.4 Å². The van der Waals surface area contributed by atoms with Crippen molar-refractivity contribution in [1.29, 1.82) is 0 Å². The molecular formula is C9H18NO2P. The zero-order valence-corrected chi connectivity index (χ0v) is 9.62. The van der Waals surface area contributed by atoms with E-state index in [1.54, 1.807) is 5.82 Å². The molecule has 76 valence electrons. The normalized spacial score (nSPS) is 28.2. The van der Waals surface area contributed by atoms with Crippen LogP contribution in [0.4, 0.5) is 0 Å². The smallest absolute Gasteiger partial charge is 0.295 e. The number of hydrogen-bond donors (Lipinski definition) is 0. The van der Waals surface area contributed by atoms with Gasteiger partial charge in [0, 0.05) is 17.9 Å². The second-order valence-corrected chi connectivity index (χ2v) is 5.96. The molecule has 0 fully saturated rings. The minimum Gasteiger partial charge on any atom is -0.310 e. The Morgan fingerprint density at radius 3 is 2.15 bits per heavy atom. The SMILES string of the molecule is CC(C)N(C(C)C)P1(=O)C=CCO1. The van der Waals surface area contributed by atoms with Gasteiger partial charge in [-0.15, -0.1) is 0 Å². The van der Waals surface area contributed by atoms with Crippen LogP contribution in [0.1, 0.15) is 27.7 Å². The molecule has 1 aliphatic heterocycles. The zero-order valence-electron chi connectivity index (χ0n) is 8.73. The van der Waals surface area contributed by atoms with E-state index >= 15 is 0 Å². The van der Waals surface area contributed by atoms with Gasteiger partial charge in [-0.3, -0.25) is 4.57 Å². The summed E-state index contributed by atoms with van der Waals surface area (Å²) in [6.07, 6.45) is 1.83. The summed E-state index contributed by atoms with van der Waals surface area (Å²) in [5, 5.41) is 0. The van der Waals surface area contributed by atoms with E-state index in [-0.39, 0.29) is 12.1 Å². The molecule has 0 aromatic rings. The van der Waals surface area contributed by atoms with Gasteiger partial charge in [0.25, 0.3) is 7.52 Å². The molecule has 0 N–H and O–H groups in total. The molecule has 4 heteroatoms. The Bertz CT molecular complexity index is 240. The maximum absolute atomic E-state index is 12.2. The van der Waals surface area contributed by atoms with Crippen molar-refractivity contribution in [2.75, 3.05) is 6.61 Å². The van der Waals surface area contributed by atoms with Gasteiger partial charge in [0.05, 0.1) is 6.61 Å². The summed E-state index contributed by atoms with van der Waals surface area (Å²) in [5.74, 6) is 1.72. The minimum absolute atomic E-state index is 0.244. The first-order chi connectivity index (χ1) is 5.97. The van der Waals surface area contributed by atoms with Crippen LogP contribution in [0.5, 0.6) is 0 Å². The second kappa shape index (κ2) is 3.95. The van der Waals surface area contributed by atoms with Crippen molar-refractivity contribution < 1.29 is 9.09 Å². The molecule has 1 rings (SSSR count). The van der Waals surface area contributed by atoms with Crippen molar-refractivity contribution in [3.8, 4) is 0 Å². The van der Waals surface area contributed by atoms with Crippen LogP contribution in [0.2, 0.25) is 0 Å². The summed E-state index contributed by atoms with van der Waals surface area (Å²) in [5.41, 5.74) is 0. The molecule has 0 bridgehead atoms. The fourth-order valence-corrected chi connectivity index (χ4v) is 4.07. The summed E-state index contributed by atoms with van der Waals surface area (Å²) in [7, 11) is -2.64. The first-order valence-corrected chi connectivity index (χ1v) is 6.33. The fourth-order valence-electron chi connectivity index (χ4n) is 1.75. The molecule has 0 saturated heterocycles. The van der Waals surface area contributed by atoms with Crippen LogP contribution in [-0.4, -0.2) is 23.4 Å². The molecule has 1 unspecified atom stereocenters. The van der Waals surface area contributed by atoms with Crippen molar-refractivity contribution >= 4 is 7.52 Å². The molecule has 0 spiro atoms. The van der Waals surface area contributed by atoms with E-state index in [0.717, 1.165) is 0 Å². The van der Waals surface area contributed by atoms with Crippen LogP contribution in [0.3, 0.4) is 0 Å². The lowest BCUT2D eigenvalue weighted by Crippen LogP contribution is -2.33. The monoisotopic (exact) mass is 203 g/mol. The lowest BCUT2D eigenvalue weighted by atomic mass is 10.3. The molecular weight excluding hydrogens is 185 g/mol. The minimum atomic E-state index is -2.64. The molecule has 13 heavy (non-hydrogen) atoms. The molecule has 3 nitrogen and oxygen atoms in total. The summed E-state index contributed by atoms with van der Waals surface area (Å²) in [4.78, 5) is 0. The van der Waals surface area contributed by atoms with Gasteiger partial charge in [-0.1, -0.05) is 6.08 Å². The molecule has 0 aromatic carbocycles. The largest absolute Gasteiger partial charge is 0.310 e.